The van der Waals surface area contributed by atoms with E-state index in [1.165, 1.54) is 16.9 Å². The second kappa shape index (κ2) is 7.56. The molecule has 0 spiro atoms. The number of quaternary nitrogens is 1. The van der Waals surface area contributed by atoms with Crippen molar-refractivity contribution in [3.05, 3.63) is 22.4 Å². The molecule has 1 amide bonds. The van der Waals surface area contributed by atoms with E-state index in [4.69, 9.17) is 4.74 Å². The number of piperidine rings is 1. The predicted octanol–water partition coefficient (Wildman–Crippen LogP) is 0.393. The van der Waals surface area contributed by atoms with E-state index < -0.39 is 0 Å². The normalized spacial score (nSPS) is 23.3. The fraction of sp³-hybridized carbons (Fsp3) is 0.600. The van der Waals surface area contributed by atoms with Gasteiger partial charge in [0.1, 0.15) is 0 Å². The van der Waals surface area contributed by atoms with E-state index in [2.05, 4.69) is 5.32 Å². The van der Waals surface area contributed by atoms with E-state index in [0.717, 1.165) is 25.9 Å². The molecule has 0 unspecified atom stereocenters. The largest absolute Gasteiger partial charge is 0.469 e. The number of thiophene rings is 1. The third kappa shape index (κ3) is 4.54. The van der Waals surface area contributed by atoms with Crippen LogP contribution in [0.2, 0.25) is 0 Å². The number of nitrogens with one attached hydrogen (secondary N) is 2. The van der Waals surface area contributed by atoms with Crippen LogP contribution in [0.4, 0.5) is 0 Å². The van der Waals surface area contributed by atoms with Crippen LogP contribution in [-0.4, -0.2) is 38.6 Å². The van der Waals surface area contributed by atoms with Gasteiger partial charge in [0.05, 0.1) is 32.2 Å². The van der Waals surface area contributed by atoms with E-state index >= 15 is 0 Å². The van der Waals surface area contributed by atoms with Gasteiger partial charge in [-0.1, -0.05) is 6.07 Å². The van der Waals surface area contributed by atoms with Crippen LogP contribution in [0.15, 0.2) is 17.5 Å². The number of hydrogen-bond donors (Lipinski definition) is 2. The average molecular weight is 311 g/mol. The van der Waals surface area contributed by atoms with Crippen molar-refractivity contribution in [3.8, 4) is 0 Å². The molecule has 0 bridgehead atoms. The summed E-state index contributed by atoms with van der Waals surface area (Å²) in [5.74, 6) is -0.0425. The van der Waals surface area contributed by atoms with E-state index in [9.17, 15) is 9.59 Å². The smallest absolute Gasteiger partial charge is 0.309 e. The van der Waals surface area contributed by atoms with Crippen molar-refractivity contribution < 1.29 is 19.2 Å². The Hall–Kier alpha value is -1.40. The Kier molecular flexibility index (Phi) is 5.76. The van der Waals surface area contributed by atoms with Crippen LogP contribution in [0.1, 0.15) is 30.7 Å². The maximum Gasteiger partial charge on any atom is 0.309 e. The van der Waals surface area contributed by atoms with Crippen LogP contribution in [0, 0.1) is 5.92 Å². The van der Waals surface area contributed by atoms with Crippen molar-refractivity contribution >= 4 is 23.2 Å². The number of rotatable bonds is 5. The Morgan fingerprint density at radius 3 is 2.76 bits per heavy atom. The Labute approximate surface area is 129 Å². The highest BCUT2D eigenvalue weighted by molar-refractivity contribution is 7.10. The van der Waals surface area contributed by atoms with Gasteiger partial charge in [-0.15, -0.1) is 11.3 Å². The summed E-state index contributed by atoms with van der Waals surface area (Å²) >= 11 is 1.65. The Balaban J connectivity index is 1.73. The molecule has 116 valence electrons. The lowest BCUT2D eigenvalue weighted by Gasteiger charge is -2.27. The number of hydrogen-bond acceptors (Lipinski definition) is 4. The van der Waals surface area contributed by atoms with Gasteiger partial charge in [-0.2, -0.15) is 0 Å². The van der Waals surface area contributed by atoms with Gasteiger partial charge in [-0.3, -0.25) is 9.59 Å². The first-order valence-electron chi connectivity index (χ1n) is 7.34. The quantitative estimate of drug-likeness (QED) is 0.774. The van der Waals surface area contributed by atoms with Crippen LogP contribution in [-0.2, 0) is 14.3 Å². The van der Waals surface area contributed by atoms with Crippen LogP contribution < -0.4 is 10.2 Å². The van der Waals surface area contributed by atoms with Crippen molar-refractivity contribution in [3.63, 3.8) is 0 Å². The van der Waals surface area contributed by atoms with Crippen molar-refractivity contribution in [2.24, 2.45) is 5.92 Å². The van der Waals surface area contributed by atoms with Gasteiger partial charge in [-0.05, 0) is 18.4 Å². The fourth-order valence-electron chi connectivity index (χ4n) is 2.73. The molecule has 0 aliphatic carbocycles. The highest BCUT2D eigenvalue weighted by Gasteiger charge is 2.29. The molecule has 1 aliphatic heterocycles. The summed E-state index contributed by atoms with van der Waals surface area (Å²) in [5.41, 5.74) is 0. The number of esters is 1. The van der Waals surface area contributed by atoms with E-state index in [-0.39, 0.29) is 23.8 Å². The maximum atomic E-state index is 12.1. The number of amides is 1. The van der Waals surface area contributed by atoms with Gasteiger partial charge >= 0.3 is 5.97 Å². The zero-order valence-electron chi connectivity index (χ0n) is 12.6. The first-order valence-corrected chi connectivity index (χ1v) is 8.22. The lowest BCUT2D eigenvalue weighted by molar-refractivity contribution is -0.897. The SMILES string of the molecule is COC(=O)C1CC[NH+](CC(=O)N[C@@H](C)c2cccs2)CC1. The minimum atomic E-state index is -0.121. The van der Waals surface area contributed by atoms with Crippen molar-refractivity contribution in [1.82, 2.24) is 5.32 Å². The molecule has 1 aromatic rings. The molecule has 2 N–H and O–H groups in total. The molecular formula is C15H23N2O3S+. The van der Waals surface area contributed by atoms with Crippen LogP contribution in [0.5, 0.6) is 0 Å². The molecule has 1 saturated heterocycles. The second-order valence-electron chi connectivity index (χ2n) is 5.53. The fourth-order valence-corrected chi connectivity index (χ4v) is 3.47. The summed E-state index contributed by atoms with van der Waals surface area (Å²) in [6.45, 7) is 4.17. The highest BCUT2D eigenvalue weighted by Crippen LogP contribution is 2.17. The van der Waals surface area contributed by atoms with Gasteiger partial charge in [0, 0.05) is 17.7 Å². The molecule has 0 saturated carbocycles. The van der Waals surface area contributed by atoms with E-state index in [1.807, 2.05) is 24.4 Å². The molecule has 2 rings (SSSR count). The first kappa shape index (κ1) is 16.0. The summed E-state index contributed by atoms with van der Waals surface area (Å²) in [6.07, 6.45) is 1.60. The monoisotopic (exact) mass is 311 g/mol. The van der Waals surface area contributed by atoms with Crippen molar-refractivity contribution in [2.75, 3.05) is 26.7 Å². The summed E-state index contributed by atoms with van der Waals surface area (Å²) in [4.78, 5) is 25.9. The first-order chi connectivity index (χ1) is 10.1. The molecule has 1 fully saturated rings. The molecule has 1 atom stereocenters. The summed E-state index contributed by atoms with van der Waals surface area (Å²) in [7, 11) is 1.43. The molecule has 21 heavy (non-hydrogen) atoms. The maximum absolute atomic E-state index is 12.1. The van der Waals surface area contributed by atoms with Crippen molar-refractivity contribution in [1.29, 1.82) is 0 Å². The minimum Gasteiger partial charge on any atom is -0.469 e. The Bertz CT molecular complexity index is 467. The molecule has 1 aliphatic rings. The molecule has 6 heteroatoms. The third-order valence-corrected chi connectivity index (χ3v) is 5.04. The number of carbonyl (C=O) groups excluding carboxylic acids is 2. The molecule has 2 heterocycles. The second-order valence-corrected chi connectivity index (χ2v) is 6.51. The van der Waals surface area contributed by atoms with Crippen LogP contribution in [0.3, 0.4) is 0 Å². The minimum absolute atomic E-state index is 0.00635. The number of ether oxygens (including phenoxy) is 1. The molecular weight excluding hydrogens is 288 g/mol. The Morgan fingerprint density at radius 2 is 2.19 bits per heavy atom. The Morgan fingerprint density at radius 1 is 1.48 bits per heavy atom. The van der Waals surface area contributed by atoms with E-state index in [1.54, 1.807) is 11.3 Å². The molecule has 0 radical (unpaired) electrons. The highest BCUT2D eigenvalue weighted by atomic mass is 32.1. The van der Waals surface area contributed by atoms with Gasteiger partial charge in [0.2, 0.25) is 0 Å². The molecule has 0 aromatic carbocycles. The van der Waals surface area contributed by atoms with E-state index in [0.29, 0.717) is 6.54 Å². The summed E-state index contributed by atoms with van der Waals surface area (Å²) in [5, 5.41) is 5.05. The third-order valence-electron chi connectivity index (χ3n) is 3.99. The van der Waals surface area contributed by atoms with Gasteiger partial charge in [0.25, 0.3) is 5.91 Å². The van der Waals surface area contributed by atoms with Gasteiger partial charge in [-0.25, -0.2) is 0 Å². The number of likely N-dealkylation sites (tertiary alicyclic amines) is 1. The lowest BCUT2D eigenvalue weighted by atomic mass is 9.97. The number of methoxy groups -OCH3 is 1. The van der Waals surface area contributed by atoms with Crippen molar-refractivity contribution in [2.45, 2.75) is 25.8 Å². The predicted molar refractivity (Wildman–Crippen MR) is 81.2 cm³/mol. The standard InChI is InChI=1S/C15H22N2O3S/c1-11(13-4-3-9-21-13)16-14(18)10-17-7-5-12(6-8-17)15(19)20-2/h3-4,9,11-12H,5-8,10H2,1-2H3,(H,16,18)/p+1/t11-/m0/s1. The summed E-state index contributed by atoms with van der Waals surface area (Å²) in [6, 6.07) is 4.08. The van der Waals surface area contributed by atoms with Gasteiger partial charge in [0.15, 0.2) is 6.54 Å². The summed E-state index contributed by atoms with van der Waals surface area (Å²) < 4.78 is 4.77. The molecule has 5 nitrogen and oxygen atoms in total. The van der Waals surface area contributed by atoms with Gasteiger partial charge < -0.3 is 15.0 Å². The lowest BCUT2D eigenvalue weighted by Crippen LogP contribution is -3.14. The topological polar surface area (TPSA) is 59.8 Å². The molecule has 1 aromatic heterocycles. The van der Waals surface area contributed by atoms with Crippen LogP contribution >= 0.6 is 11.3 Å². The zero-order chi connectivity index (χ0) is 15.2. The zero-order valence-corrected chi connectivity index (χ0v) is 13.4. The number of carbonyl (C=O) groups is 2. The average Bonchev–Trinajstić information content (AvgIpc) is 3.01. The van der Waals surface area contributed by atoms with Crippen LogP contribution in [0.25, 0.3) is 0 Å².